The van der Waals surface area contributed by atoms with E-state index in [9.17, 15) is 0 Å². The van der Waals surface area contributed by atoms with Gasteiger partial charge in [-0.25, -0.2) is 0 Å². The molecule has 0 heteroatoms. The molecule has 0 N–H and O–H groups in total. The molecule has 0 bridgehead atoms. The SMILES string of the molecule is CC.CC.CC.CC.CC.CC.CC.CC.CC.CC.CC.CC.CC.CC.CC.CC.CC.CC.CC.CC.CC.CC.CC.CC.c1ccc(-c2ccccc2)cc1.c1ccc2ccccc2c1.c1ccccc1. The van der Waals surface area contributed by atoms with Crippen LogP contribution in [0.15, 0.2) is 146 Å². The highest BCUT2D eigenvalue weighted by atomic mass is 14.0. The van der Waals surface area contributed by atoms with Crippen LogP contribution >= 0.6 is 0 Å². The second-order valence-electron chi connectivity index (χ2n) is 6.23. The lowest BCUT2D eigenvalue weighted by Gasteiger charge is -1.98. The van der Waals surface area contributed by atoms with Crippen LogP contribution in [0, 0.1) is 0 Å². The lowest BCUT2D eigenvalue weighted by Crippen LogP contribution is -1.73. The number of fused-ring (bicyclic) bond motifs is 1. The second kappa shape index (κ2) is 337. The van der Waals surface area contributed by atoms with Gasteiger partial charge in [-0.15, -0.1) is 0 Å². The molecule has 0 radical (unpaired) electrons. The molecule has 0 fully saturated rings. The van der Waals surface area contributed by atoms with Crippen LogP contribution < -0.4 is 0 Å². The van der Waals surface area contributed by atoms with Crippen molar-refractivity contribution in [3.8, 4) is 11.1 Å². The average Bonchev–Trinajstić information content (AvgIpc) is 3.63. The quantitative estimate of drug-likeness (QED) is 0.157. The van der Waals surface area contributed by atoms with Crippen molar-refractivity contribution in [1.82, 2.24) is 0 Å². The molecule has 0 amide bonds. The van der Waals surface area contributed by atoms with E-state index in [0.29, 0.717) is 0 Å². The van der Waals surface area contributed by atoms with Gasteiger partial charge in [-0.3, -0.25) is 0 Å². The number of hydrogen-bond donors (Lipinski definition) is 0. The van der Waals surface area contributed by atoms with Crippen LogP contribution in [0.1, 0.15) is 332 Å². The topological polar surface area (TPSA) is 0 Å². The van der Waals surface area contributed by atoms with E-state index in [-0.39, 0.29) is 0 Å². The Balaban J connectivity index is -0.0000000211. The van der Waals surface area contributed by atoms with Crippen molar-refractivity contribution in [2.75, 3.05) is 0 Å². The third-order valence-corrected chi connectivity index (χ3v) is 4.21. The molecular formula is C76H168. The van der Waals surface area contributed by atoms with Gasteiger partial charge in [-0.2, -0.15) is 0 Å². The zero-order valence-corrected chi connectivity index (χ0v) is 63.9. The molecule has 0 saturated carbocycles. The predicted octanol–water partition coefficient (Wildman–Crippen LogP) is 32.5. The van der Waals surface area contributed by atoms with Crippen LogP contribution in [0.2, 0.25) is 0 Å². The molecule has 76 heavy (non-hydrogen) atoms. The number of hydrogen-bond acceptors (Lipinski definition) is 0. The van der Waals surface area contributed by atoms with Gasteiger partial charge in [0.25, 0.3) is 0 Å². The first-order valence-electron chi connectivity index (χ1n) is 33.5. The van der Waals surface area contributed by atoms with Crippen molar-refractivity contribution in [1.29, 1.82) is 0 Å². The van der Waals surface area contributed by atoms with Gasteiger partial charge in [-0.05, 0) is 21.9 Å². The van der Waals surface area contributed by atoms with Gasteiger partial charge < -0.3 is 0 Å². The van der Waals surface area contributed by atoms with Crippen LogP contribution in [-0.4, -0.2) is 0 Å². The van der Waals surface area contributed by atoms with Crippen LogP contribution in [-0.2, 0) is 0 Å². The van der Waals surface area contributed by atoms with Crippen LogP contribution in [0.3, 0.4) is 0 Å². The highest BCUT2D eigenvalue weighted by Crippen LogP contribution is 2.17. The monoisotopic (exact) mass is 1080 g/mol. The summed E-state index contributed by atoms with van der Waals surface area (Å²) in [6.45, 7) is 96.0. The molecule has 0 unspecified atom stereocenters. The minimum absolute atomic E-state index is 1.28. The summed E-state index contributed by atoms with van der Waals surface area (Å²) in [6.07, 6.45) is 0. The zero-order valence-electron chi connectivity index (χ0n) is 63.9. The van der Waals surface area contributed by atoms with Gasteiger partial charge in [0.2, 0.25) is 0 Å². The molecular weight excluding hydrogens is 913 g/mol. The largest absolute Gasteiger partial charge is 0.0683 e. The number of benzene rings is 5. The Kier molecular flexibility index (Phi) is 645. The lowest BCUT2D eigenvalue weighted by atomic mass is 10.1. The first-order chi connectivity index (χ1) is 37.9. The van der Waals surface area contributed by atoms with E-state index in [1.165, 1.54) is 21.9 Å². The first-order valence-corrected chi connectivity index (χ1v) is 33.5. The maximum Gasteiger partial charge on any atom is -0.0184 e. The predicted molar refractivity (Wildman–Crippen MR) is 395 cm³/mol. The molecule has 0 saturated heterocycles. The smallest absolute Gasteiger partial charge is 0.0184 e. The fourth-order valence-corrected chi connectivity index (χ4v) is 2.78. The average molecular weight is 1080 g/mol. The third kappa shape index (κ3) is 208. The standard InChI is InChI=1S/C12H10.C10H8.C6H6.24C2H6/c1-3-7-11(8-4-1)12-9-5-2-6-10-12;1-2-6-10-8-4-3-7-9(10)5-1;1-2-4-6-5-3-1;24*1-2/h1-10H;1-8H;1-6H;24*1-2H3. The highest BCUT2D eigenvalue weighted by Gasteiger charge is 1.91. The van der Waals surface area contributed by atoms with E-state index in [2.05, 4.69) is 97.1 Å². The van der Waals surface area contributed by atoms with Crippen molar-refractivity contribution in [3.05, 3.63) is 146 Å². The maximum atomic E-state index is 2.12. The Bertz CT molecular complexity index is 906. The van der Waals surface area contributed by atoms with Crippen molar-refractivity contribution in [3.63, 3.8) is 0 Å². The molecule has 5 aromatic carbocycles. The molecule has 0 aromatic heterocycles. The minimum Gasteiger partial charge on any atom is -0.0683 e. The van der Waals surface area contributed by atoms with Crippen molar-refractivity contribution in [2.24, 2.45) is 0 Å². The van der Waals surface area contributed by atoms with E-state index in [4.69, 9.17) is 0 Å². The molecule has 0 atom stereocenters. The van der Waals surface area contributed by atoms with E-state index in [1.807, 2.05) is 381 Å². The van der Waals surface area contributed by atoms with Gasteiger partial charge in [0.1, 0.15) is 0 Å². The molecule has 0 heterocycles. The third-order valence-electron chi connectivity index (χ3n) is 4.21. The molecule has 5 rings (SSSR count). The fraction of sp³-hybridized carbons (Fsp3) is 0.632. The van der Waals surface area contributed by atoms with E-state index in [1.54, 1.807) is 0 Å². The summed E-state index contributed by atoms with van der Waals surface area (Å²) in [7, 11) is 0. The van der Waals surface area contributed by atoms with Crippen LogP contribution in [0.25, 0.3) is 21.9 Å². The molecule has 0 nitrogen and oxygen atoms in total. The van der Waals surface area contributed by atoms with Gasteiger partial charge in [0, 0.05) is 0 Å². The van der Waals surface area contributed by atoms with E-state index in [0.717, 1.165) is 0 Å². The Hall–Kier alpha value is -3.64. The van der Waals surface area contributed by atoms with Gasteiger partial charge in [-0.1, -0.05) is 478 Å². The summed E-state index contributed by atoms with van der Waals surface area (Å²) in [5.74, 6) is 0. The summed E-state index contributed by atoms with van der Waals surface area (Å²) in [4.78, 5) is 0. The van der Waals surface area contributed by atoms with Gasteiger partial charge >= 0.3 is 0 Å². The van der Waals surface area contributed by atoms with Crippen LogP contribution in [0.4, 0.5) is 0 Å². The molecule has 0 aliphatic rings. The highest BCUT2D eigenvalue weighted by molar-refractivity contribution is 5.82. The Labute approximate surface area is 497 Å². The Morgan fingerprint density at radius 3 is 0.289 bits per heavy atom. The molecule has 472 valence electrons. The summed E-state index contributed by atoms with van der Waals surface area (Å²) in [5, 5.41) is 2.62. The molecule has 0 aliphatic heterocycles. The molecule has 0 aliphatic carbocycles. The minimum atomic E-state index is 1.28. The van der Waals surface area contributed by atoms with Gasteiger partial charge in [0.15, 0.2) is 0 Å². The number of rotatable bonds is 1. The van der Waals surface area contributed by atoms with Crippen molar-refractivity contribution < 1.29 is 0 Å². The summed E-state index contributed by atoms with van der Waals surface area (Å²) in [5.41, 5.74) is 2.55. The molecule has 5 aromatic rings. The molecule has 0 spiro atoms. The Morgan fingerprint density at radius 1 is 0.105 bits per heavy atom. The van der Waals surface area contributed by atoms with E-state index >= 15 is 0 Å². The zero-order chi connectivity index (χ0) is 67.3. The Morgan fingerprint density at radius 2 is 0.184 bits per heavy atom. The van der Waals surface area contributed by atoms with Crippen LogP contribution in [0.5, 0.6) is 0 Å². The van der Waals surface area contributed by atoms with E-state index < -0.39 is 0 Å². The first kappa shape index (κ1) is 145. The maximum absolute atomic E-state index is 2.12. The lowest BCUT2D eigenvalue weighted by molar-refractivity contribution is 1.50. The van der Waals surface area contributed by atoms with Crippen molar-refractivity contribution >= 4 is 10.8 Å². The van der Waals surface area contributed by atoms with Crippen molar-refractivity contribution in [2.45, 2.75) is 332 Å². The second-order valence-corrected chi connectivity index (χ2v) is 6.23. The normalized spacial score (nSPS) is 5.37. The summed E-state index contributed by atoms with van der Waals surface area (Å²) < 4.78 is 0. The summed E-state index contributed by atoms with van der Waals surface area (Å²) >= 11 is 0. The fourth-order valence-electron chi connectivity index (χ4n) is 2.78. The van der Waals surface area contributed by atoms with Gasteiger partial charge in [0.05, 0.1) is 0 Å². The summed E-state index contributed by atoms with van der Waals surface area (Å²) in [6, 6.07) is 49.5.